The van der Waals surface area contributed by atoms with Crippen molar-refractivity contribution in [3.8, 4) is 0 Å². The molecular weight excluding hydrogens is 142 g/mol. The summed E-state index contributed by atoms with van der Waals surface area (Å²) in [4.78, 5) is 13.7. The second kappa shape index (κ2) is 7.25. The van der Waals surface area contributed by atoms with Crippen LogP contribution < -0.4 is 0 Å². The number of rotatable bonds is 6. The Balaban J connectivity index is 3.10. The van der Waals surface area contributed by atoms with E-state index in [0.29, 0.717) is 0 Å². The summed E-state index contributed by atoms with van der Waals surface area (Å²) in [6.45, 7) is 2.04. The van der Waals surface area contributed by atoms with Crippen LogP contribution in [-0.2, 0) is 4.79 Å². The fraction of sp³-hybridized carbons (Fsp3) is 0.750. The largest absolute Gasteiger partial charge is 0.480 e. The molecule has 0 aromatic heterocycles. The van der Waals surface area contributed by atoms with Gasteiger partial charge in [-0.1, -0.05) is 19.8 Å². The van der Waals surface area contributed by atoms with Crippen molar-refractivity contribution in [3.05, 3.63) is 0 Å². The van der Waals surface area contributed by atoms with E-state index in [1.54, 1.807) is 6.21 Å². The maximum atomic E-state index is 9.97. The number of aliphatic imine (C=N–C) groups is 1. The second-order valence-electron chi connectivity index (χ2n) is 2.41. The van der Waals surface area contributed by atoms with Crippen LogP contribution in [0.25, 0.3) is 0 Å². The first-order valence-corrected chi connectivity index (χ1v) is 3.97. The zero-order valence-corrected chi connectivity index (χ0v) is 6.92. The molecule has 0 bridgehead atoms. The summed E-state index contributed by atoms with van der Waals surface area (Å²) in [6.07, 6.45) is 6.09. The molecule has 0 heterocycles. The zero-order valence-electron chi connectivity index (χ0n) is 6.92. The van der Waals surface area contributed by atoms with Crippen molar-refractivity contribution >= 4 is 12.2 Å². The van der Waals surface area contributed by atoms with Crippen LogP contribution in [0.4, 0.5) is 0 Å². The molecule has 0 aliphatic heterocycles. The third-order valence-electron chi connectivity index (χ3n) is 1.29. The Morgan fingerprint density at radius 2 is 2.27 bits per heavy atom. The van der Waals surface area contributed by atoms with E-state index >= 15 is 0 Å². The van der Waals surface area contributed by atoms with Crippen molar-refractivity contribution < 1.29 is 9.90 Å². The molecule has 0 spiro atoms. The number of unbranched alkanes of at least 4 members (excludes halogenated alkanes) is 3. The molecular formula is C8H15NO2. The van der Waals surface area contributed by atoms with Crippen molar-refractivity contribution in [2.45, 2.75) is 32.6 Å². The Bertz CT molecular complexity index is 132. The summed E-state index contributed by atoms with van der Waals surface area (Å²) in [5.74, 6) is -0.864. The van der Waals surface area contributed by atoms with Gasteiger partial charge in [0.25, 0.3) is 0 Å². The lowest BCUT2D eigenvalue weighted by Gasteiger charge is -1.90. The van der Waals surface area contributed by atoms with Gasteiger partial charge in [-0.15, -0.1) is 0 Å². The van der Waals surface area contributed by atoms with Crippen LogP contribution in [0.15, 0.2) is 4.99 Å². The molecule has 0 fully saturated rings. The van der Waals surface area contributed by atoms with Crippen LogP contribution in [0.1, 0.15) is 32.6 Å². The topological polar surface area (TPSA) is 49.7 Å². The van der Waals surface area contributed by atoms with Gasteiger partial charge in [0, 0.05) is 0 Å². The Hall–Kier alpha value is -0.860. The van der Waals surface area contributed by atoms with E-state index in [2.05, 4.69) is 11.9 Å². The summed E-state index contributed by atoms with van der Waals surface area (Å²) in [6, 6.07) is 0. The first kappa shape index (κ1) is 10.1. The molecule has 0 aliphatic carbocycles. The lowest BCUT2D eigenvalue weighted by atomic mass is 10.2. The fourth-order valence-corrected chi connectivity index (χ4v) is 0.720. The second-order valence-corrected chi connectivity index (χ2v) is 2.41. The van der Waals surface area contributed by atoms with Crippen molar-refractivity contribution in [1.29, 1.82) is 0 Å². The molecule has 0 atom stereocenters. The van der Waals surface area contributed by atoms with Gasteiger partial charge >= 0.3 is 5.97 Å². The van der Waals surface area contributed by atoms with Gasteiger partial charge in [0.1, 0.15) is 6.54 Å². The molecule has 0 aromatic carbocycles. The van der Waals surface area contributed by atoms with E-state index < -0.39 is 5.97 Å². The summed E-state index contributed by atoms with van der Waals surface area (Å²) in [5.41, 5.74) is 0. The highest BCUT2D eigenvalue weighted by Gasteiger charge is 1.88. The van der Waals surface area contributed by atoms with Gasteiger partial charge in [-0.3, -0.25) is 9.79 Å². The van der Waals surface area contributed by atoms with E-state index in [0.717, 1.165) is 12.8 Å². The van der Waals surface area contributed by atoms with Gasteiger partial charge in [-0.2, -0.15) is 0 Å². The quantitative estimate of drug-likeness (QED) is 0.471. The van der Waals surface area contributed by atoms with Gasteiger partial charge in [0.2, 0.25) is 0 Å². The Labute approximate surface area is 67.1 Å². The molecule has 3 nitrogen and oxygen atoms in total. The van der Waals surface area contributed by atoms with E-state index in [4.69, 9.17) is 5.11 Å². The molecule has 0 saturated heterocycles. The number of carboxylic acids is 1. The van der Waals surface area contributed by atoms with Crippen LogP contribution in [-0.4, -0.2) is 23.8 Å². The average molecular weight is 157 g/mol. The predicted octanol–water partition coefficient (Wildman–Crippen LogP) is 1.72. The first-order chi connectivity index (χ1) is 5.27. The van der Waals surface area contributed by atoms with E-state index in [-0.39, 0.29) is 6.54 Å². The smallest absolute Gasteiger partial charge is 0.325 e. The van der Waals surface area contributed by atoms with Crippen LogP contribution in [0, 0.1) is 0 Å². The Kier molecular flexibility index (Phi) is 6.68. The van der Waals surface area contributed by atoms with Crippen molar-refractivity contribution in [1.82, 2.24) is 0 Å². The maximum absolute atomic E-state index is 9.97. The molecule has 0 radical (unpaired) electrons. The van der Waals surface area contributed by atoms with Gasteiger partial charge in [-0.25, -0.2) is 0 Å². The number of nitrogens with zero attached hydrogens (tertiary/aromatic N) is 1. The molecule has 0 amide bonds. The minimum Gasteiger partial charge on any atom is -0.480 e. The molecule has 0 unspecified atom stereocenters. The van der Waals surface area contributed by atoms with Crippen LogP contribution in [0.3, 0.4) is 0 Å². The average Bonchev–Trinajstić information content (AvgIpc) is 1.96. The first-order valence-electron chi connectivity index (χ1n) is 3.97. The Morgan fingerprint density at radius 3 is 2.82 bits per heavy atom. The zero-order chi connectivity index (χ0) is 8.53. The minimum absolute atomic E-state index is 0.0911. The third kappa shape index (κ3) is 9.14. The highest BCUT2D eigenvalue weighted by molar-refractivity contribution is 5.71. The number of carboxylic acid groups (broad SMARTS) is 1. The standard InChI is InChI=1S/C8H15NO2/c1-2-3-4-5-6-9-7-8(10)11/h6H,2-5,7H2,1H3,(H,10,11)/b9-6-. The molecule has 3 heteroatoms. The summed E-state index contributed by atoms with van der Waals surface area (Å²) in [5, 5.41) is 8.20. The Morgan fingerprint density at radius 1 is 1.55 bits per heavy atom. The molecule has 0 rings (SSSR count). The molecule has 0 aliphatic rings. The lowest BCUT2D eigenvalue weighted by Crippen LogP contribution is -1.98. The molecule has 1 N–H and O–H groups in total. The third-order valence-corrected chi connectivity index (χ3v) is 1.29. The fourth-order valence-electron chi connectivity index (χ4n) is 0.720. The van der Waals surface area contributed by atoms with Gasteiger partial charge in [-0.05, 0) is 19.1 Å². The summed E-state index contributed by atoms with van der Waals surface area (Å²) < 4.78 is 0. The van der Waals surface area contributed by atoms with Gasteiger partial charge in [0.05, 0.1) is 0 Å². The normalized spacial score (nSPS) is 10.6. The monoisotopic (exact) mass is 157 g/mol. The van der Waals surface area contributed by atoms with E-state index in [1.807, 2.05) is 0 Å². The minimum atomic E-state index is -0.864. The number of hydrogen-bond donors (Lipinski definition) is 1. The summed E-state index contributed by atoms with van der Waals surface area (Å²) in [7, 11) is 0. The van der Waals surface area contributed by atoms with Gasteiger partial charge < -0.3 is 5.11 Å². The number of hydrogen-bond acceptors (Lipinski definition) is 2. The van der Waals surface area contributed by atoms with Crippen molar-refractivity contribution in [3.63, 3.8) is 0 Å². The van der Waals surface area contributed by atoms with Crippen molar-refractivity contribution in [2.75, 3.05) is 6.54 Å². The number of carbonyl (C=O) groups is 1. The molecule has 0 saturated carbocycles. The number of aliphatic carboxylic acids is 1. The van der Waals surface area contributed by atoms with Crippen molar-refractivity contribution in [2.24, 2.45) is 4.99 Å². The predicted molar refractivity (Wildman–Crippen MR) is 45.1 cm³/mol. The molecule has 64 valence electrons. The van der Waals surface area contributed by atoms with Crippen LogP contribution >= 0.6 is 0 Å². The SMILES string of the molecule is CCCCC/C=N\CC(=O)O. The highest BCUT2D eigenvalue weighted by atomic mass is 16.4. The van der Waals surface area contributed by atoms with E-state index in [1.165, 1.54) is 12.8 Å². The van der Waals surface area contributed by atoms with Gasteiger partial charge in [0.15, 0.2) is 0 Å². The van der Waals surface area contributed by atoms with E-state index in [9.17, 15) is 4.79 Å². The maximum Gasteiger partial charge on any atom is 0.325 e. The van der Waals surface area contributed by atoms with Crippen LogP contribution in [0.5, 0.6) is 0 Å². The lowest BCUT2D eigenvalue weighted by molar-refractivity contribution is -0.135. The summed E-state index contributed by atoms with van der Waals surface area (Å²) >= 11 is 0. The highest BCUT2D eigenvalue weighted by Crippen LogP contribution is 1.95. The molecule has 0 aromatic rings. The molecule has 11 heavy (non-hydrogen) atoms. The van der Waals surface area contributed by atoms with Crippen LogP contribution in [0.2, 0.25) is 0 Å².